The van der Waals surface area contributed by atoms with E-state index in [1.54, 1.807) is 0 Å². The number of thiophene rings is 1. The van der Waals surface area contributed by atoms with Gasteiger partial charge in [-0.3, -0.25) is 0 Å². The number of carbonyl (C=O) groups excluding carboxylic acids is 1. The first-order valence-corrected chi connectivity index (χ1v) is 5.45. The fraction of sp³-hybridized carbons (Fsp3) is 0.500. The Labute approximate surface area is 87.9 Å². The molecule has 14 heavy (non-hydrogen) atoms. The van der Waals surface area contributed by atoms with Crippen LogP contribution in [0.3, 0.4) is 0 Å². The summed E-state index contributed by atoms with van der Waals surface area (Å²) in [5.74, 6) is -0.324. The van der Waals surface area contributed by atoms with E-state index in [-0.39, 0.29) is 5.97 Å². The first kappa shape index (κ1) is 11.0. The van der Waals surface area contributed by atoms with Crippen molar-refractivity contribution in [3.05, 3.63) is 16.0 Å². The third kappa shape index (κ3) is 1.75. The Morgan fingerprint density at radius 1 is 1.43 bits per heavy atom. The van der Waals surface area contributed by atoms with E-state index in [9.17, 15) is 4.79 Å². The van der Waals surface area contributed by atoms with Crippen molar-refractivity contribution >= 4 is 22.3 Å². The van der Waals surface area contributed by atoms with Gasteiger partial charge in [0.05, 0.1) is 12.7 Å². The highest BCUT2D eigenvalue weighted by atomic mass is 32.1. The Morgan fingerprint density at radius 3 is 2.50 bits per heavy atom. The SMILES string of the molecule is CCc1sc(N)c(C(=O)OC)c1CC. The molecule has 3 nitrogen and oxygen atoms in total. The second-order valence-corrected chi connectivity index (χ2v) is 4.08. The number of hydrogen-bond donors (Lipinski definition) is 1. The van der Waals surface area contributed by atoms with Crippen LogP contribution in [-0.4, -0.2) is 13.1 Å². The third-order valence-corrected chi connectivity index (χ3v) is 3.39. The maximum Gasteiger partial charge on any atom is 0.341 e. The maximum atomic E-state index is 11.4. The minimum absolute atomic E-state index is 0.324. The van der Waals surface area contributed by atoms with Crippen molar-refractivity contribution in [3.8, 4) is 0 Å². The van der Waals surface area contributed by atoms with Gasteiger partial charge in [-0.2, -0.15) is 0 Å². The average Bonchev–Trinajstić information content (AvgIpc) is 2.53. The lowest BCUT2D eigenvalue weighted by atomic mass is 10.1. The van der Waals surface area contributed by atoms with E-state index in [1.165, 1.54) is 23.3 Å². The van der Waals surface area contributed by atoms with Crippen LogP contribution in [0.25, 0.3) is 0 Å². The molecule has 1 aromatic heterocycles. The van der Waals surface area contributed by atoms with Gasteiger partial charge in [0.15, 0.2) is 0 Å². The Kier molecular flexibility index (Phi) is 3.52. The van der Waals surface area contributed by atoms with Crippen molar-refractivity contribution in [2.45, 2.75) is 26.7 Å². The highest BCUT2D eigenvalue weighted by Gasteiger charge is 2.20. The summed E-state index contributed by atoms with van der Waals surface area (Å²) < 4.78 is 4.71. The van der Waals surface area contributed by atoms with E-state index >= 15 is 0 Å². The normalized spacial score (nSPS) is 10.2. The minimum Gasteiger partial charge on any atom is -0.465 e. The number of rotatable bonds is 3. The summed E-state index contributed by atoms with van der Waals surface area (Å²) in [5, 5.41) is 0.575. The van der Waals surface area contributed by atoms with Crippen molar-refractivity contribution in [2.24, 2.45) is 0 Å². The zero-order chi connectivity index (χ0) is 10.7. The monoisotopic (exact) mass is 213 g/mol. The van der Waals surface area contributed by atoms with E-state index in [2.05, 4.69) is 6.92 Å². The summed E-state index contributed by atoms with van der Waals surface area (Å²) in [6.45, 7) is 4.08. The molecular weight excluding hydrogens is 198 g/mol. The molecule has 0 radical (unpaired) electrons. The van der Waals surface area contributed by atoms with E-state index in [1.807, 2.05) is 6.92 Å². The van der Waals surface area contributed by atoms with Crippen LogP contribution in [0.2, 0.25) is 0 Å². The molecule has 4 heteroatoms. The number of ether oxygens (including phenoxy) is 1. The van der Waals surface area contributed by atoms with Crippen LogP contribution in [0.15, 0.2) is 0 Å². The van der Waals surface area contributed by atoms with Crippen molar-refractivity contribution in [3.63, 3.8) is 0 Å². The molecule has 0 aliphatic carbocycles. The van der Waals surface area contributed by atoms with Crippen molar-refractivity contribution in [1.29, 1.82) is 0 Å². The van der Waals surface area contributed by atoms with Gasteiger partial charge in [0.2, 0.25) is 0 Å². The topological polar surface area (TPSA) is 52.3 Å². The molecule has 0 amide bonds. The quantitative estimate of drug-likeness (QED) is 0.783. The van der Waals surface area contributed by atoms with E-state index in [4.69, 9.17) is 10.5 Å². The first-order chi connectivity index (χ1) is 6.65. The molecule has 1 rings (SSSR count). The minimum atomic E-state index is -0.324. The molecule has 0 saturated carbocycles. The lowest BCUT2D eigenvalue weighted by Gasteiger charge is -2.02. The molecule has 2 N–H and O–H groups in total. The summed E-state index contributed by atoms with van der Waals surface area (Å²) in [4.78, 5) is 12.6. The van der Waals surface area contributed by atoms with Gasteiger partial charge >= 0.3 is 5.97 Å². The number of nitrogen functional groups attached to an aromatic ring is 1. The molecule has 78 valence electrons. The van der Waals surface area contributed by atoms with Gasteiger partial charge in [-0.1, -0.05) is 13.8 Å². The highest BCUT2D eigenvalue weighted by molar-refractivity contribution is 7.16. The summed E-state index contributed by atoms with van der Waals surface area (Å²) in [7, 11) is 1.38. The highest BCUT2D eigenvalue weighted by Crippen LogP contribution is 2.32. The van der Waals surface area contributed by atoms with Gasteiger partial charge in [0.25, 0.3) is 0 Å². The first-order valence-electron chi connectivity index (χ1n) is 4.63. The zero-order valence-electron chi connectivity index (χ0n) is 8.72. The summed E-state index contributed by atoms with van der Waals surface area (Å²) >= 11 is 1.49. The Balaban J connectivity index is 3.25. The molecule has 0 spiro atoms. The van der Waals surface area contributed by atoms with E-state index in [0.717, 1.165) is 18.4 Å². The number of hydrogen-bond acceptors (Lipinski definition) is 4. The lowest BCUT2D eigenvalue weighted by Crippen LogP contribution is -2.06. The molecule has 0 aliphatic rings. The van der Waals surface area contributed by atoms with Crippen LogP contribution >= 0.6 is 11.3 Å². The zero-order valence-corrected chi connectivity index (χ0v) is 9.53. The molecule has 0 unspecified atom stereocenters. The smallest absolute Gasteiger partial charge is 0.341 e. The van der Waals surface area contributed by atoms with E-state index in [0.29, 0.717) is 10.6 Å². The van der Waals surface area contributed by atoms with Crippen molar-refractivity contribution < 1.29 is 9.53 Å². The van der Waals surface area contributed by atoms with Gasteiger partial charge in [-0.15, -0.1) is 11.3 Å². The largest absolute Gasteiger partial charge is 0.465 e. The lowest BCUT2D eigenvalue weighted by molar-refractivity contribution is 0.0601. The number of aryl methyl sites for hydroxylation is 1. The van der Waals surface area contributed by atoms with Gasteiger partial charge in [-0.25, -0.2) is 4.79 Å². The fourth-order valence-electron chi connectivity index (χ4n) is 1.52. The van der Waals surface area contributed by atoms with Gasteiger partial charge < -0.3 is 10.5 Å². The number of esters is 1. The molecule has 1 heterocycles. The average molecular weight is 213 g/mol. The van der Waals surface area contributed by atoms with Crippen LogP contribution in [0.4, 0.5) is 5.00 Å². The number of anilines is 1. The van der Waals surface area contributed by atoms with Crippen molar-refractivity contribution in [2.75, 3.05) is 12.8 Å². The van der Waals surface area contributed by atoms with Crippen LogP contribution in [-0.2, 0) is 17.6 Å². The molecule has 0 atom stereocenters. The van der Waals surface area contributed by atoms with Crippen LogP contribution in [0, 0.1) is 0 Å². The summed E-state index contributed by atoms with van der Waals surface area (Å²) in [6.07, 6.45) is 1.73. The number of methoxy groups -OCH3 is 1. The molecule has 0 fully saturated rings. The Bertz CT molecular complexity index is 344. The maximum absolute atomic E-state index is 11.4. The van der Waals surface area contributed by atoms with Gasteiger partial charge in [0.1, 0.15) is 5.00 Å². The molecule has 0 aromatic carbocycles. The second-order valence-electron chi connectivity index (χ2n) is 2.94. The van der Waals surface area contributed by atoms with Crippen LogP contribution in [0.5, 0.6) is 0 Å². The molecule has 1 aromatic rings. The predicted molar refractivity (Wildman–Crippen MR) is 58.8 cm³/mol. The number of nitrogens with two attached hydrogens (primary N) is 1. The molecule has 0 bridgehead atoms. The third-order valence-electron chi connectivity index (χ3n) is 2.18. The Hall–Kier alpha value is -1.03. The molecular formula is C10H15NO2S. The van der Waals surface area contributed by atoms with Crippen LogP contribution in [0.1, 0.15) is 34.6 Å². The van der Waals surface area contributed by atoms with Crippen LogP contribution < -0.4 is 5.73 Å². The predicted octanol–water partition coefficient (Wildman–Crippen LogP) is 2.24. The summed E-state index contributed by atoms with van der Waals surface area (Å²) in [6, 6.07) is 0. The van der Waals surface area contributed by atoms with Crippen molar-refractivity contribution in [1.82, 2.24) is 0 Å². The fourth-order valence-corrected chi connectivity index (χ4v) is 2.61. The molecule has 0 saturated heterocycles. The summed E-state index contributed by atoms with van der Waals surface area (Å²) in [5.41, 5.74) is 7.40. The molecule has 0 aliphatic heterocycles. The second kappa shape index (κ2) is 4.46. The van der Waals surface area contributed by atoms with E-state index < -0.39 is 0 Å². The standard InChI is InChI=1S/C10H15NO2S/c1-4-6-7(5-2)14-9(11)8(6)10(12)13-3/h4-5,11H2,1-3H3. The number of carbonyl (C=O) groups is 1. The Morgan fingerprint density at radius 2 is 2.07 bits per heavy atom. The van der Waals surface area contributed by atoms with Gasteiger partial charge in [0, 0.05) is 4.88 Å². The van der Waals surface area contributed by atoms with Gasteiger partial charge in [-0.05, 0) is 18.4 Å².